The summed E-state index contributed by atoms with van der Waals surface area (Å²) in [5.74, 6) is -0.288. The molecule has 3 rings (SSSR count). The van der Waals surface area contributed by atoms with Crippen molar-refractivity contribution in [1.29, 1.82) is 0 Å². The van der Waals surface area contributed by atoms with Crippen molar-refractivity contribution in [3.8, 4) is 0 Å². The third kappa shape index (κ3) is 4.19. The molecule has 2 heterocycles. The Balaban J connectivity index is 1.87. The van der Waals surface area contributed by atoms with Crippen molar-refractivity contribution < 1.29 is 27.6 Å². The van der Waals surface area contributed by atoms with Crippen LogP contribution in [0, 0.1) is 11.2 Å². The summed E-state index contributed by atoms with van der Waals surface area (Å²) in [5.41, 5.74) is -0.0755. The van der Waals surface area contributed by atoms with E-state index in [0.717, 1.165) is 0 Å². The summed E-state index contributed by atoms with van der Waals surface area (Å²) in [6.45, 7) is 10.2. The average Bonchev–Trinajstić information content (AvgIpc) is 2.88. The Labute approximate surface area is 152 Å². The molecule has 1 aromatic heterocycles. The second-order valence-corrected chi connectivity index (χ2v) is 8.23. The van der Waals surface area contributed by atoms with Crippen LogP contribution in [0.5, 0.6) is 0 Å². The van der Waals surface area contributed by atoms with Crippen LogP contribution < -0.4 is 10.8 Å². The fraction of sp³-hybridized carbons (Fsp3) is 0.500. The minimum absolute atomic E-state index is 0.124. The Bertz CT molecular complexity index is 817. The molecule has 0 unspecified atom stereocenters. The zero-order valence-electron chi connectivity index (χ0n) is 15.6. The van der Waals surface area contributed by atoms with Gasteiger partial charge in [0.1, 0.15) is 17.0 Å². The highest BCUT2D eigenvalue weighted by Crippen LogP contribution is 2.27. The van der Waals surface area contributed by atoms with Gasteiger partial charge in [0.2, 0.25) is 5.88 Å². The molecule has 1 aliphatic rings. The van der Waals surface area contributed by atoms with Crippen molar-refractivity contribution in [2.45, 2.75) is 40.2 Å². The fourth-order valence-electron chi connectivity index (χ4n) is 2.67. The first-order valence-corrected chi connectivity index (χ1v) is 8.49. The van der Waals surface area contributed by atoms with E-state index in [1.807, 2.05) is 13.8 Å². The summed E-state index contributed by atoms with van der Waals surface area (Å²) in [5, 5.41) is 3.01. The van der Waals surface area contributed by atoms with Crippen LogP contribution in [0.1, 0.15) is 34.6 Å². The number of furan rings is 1. The minimum atomic E-state index is -0.821. The molecule has 8 heteroatoms. The van der Waals surface area contributed by atoms with Gasteiger partial charge in [0.05, 0.1) is 0 Å². The largest absolute Gasteiger partial charge is 0.497 e. The lowest BCUT2D eigenvalue weighted by molar-refractivity contribution is 0.0341. The molecule has 1 saturated heterocycles. The molecule has 2 aromatic rings. The number of halogens is 1. The number of nitrogens with one attached hydrogen (secondary N) is 1. The first kappa shape index (κ1) is 18.7. The van der Waals surface area contributed by atoms with Gasteiger partial charge in [-0.1, -0.05) is 13.8 Å². The van der Waals surface area contributed by atoms with Gasteiger partial charge in [-0.2, -0.15) is 0 Å². The lowest BCUT2D eigenvalue weighted by Gasteiger charge is -2.33. The van der Waals surface area contributed by atoms with E-state index in [-0.39, 0.29) is 16.8 Å². The number of hydrogen-bond donors (Lipinski definition) is 1. The van der Waals surface area contributed by atoms with Crippen molar-refractivity contribution in [2.75, 3.05) is 18.5 Å². The number of carbonyl (C=O) groups is 1. The molecule has 1 N–H and O–H groups in total. The molecule has 1 amide bonds. The molecule has 0 radical (unpaired) electrons. The molecule has 0 spiro atoms. The predicted octanol–water partition coefficient (Wildman–Crippen LogP) is 3.69. The third-order valence-electron chi connectivity index (χ3n) is 3.80. The van der Waals surface area contributed by atoms with Crippen LogP contribution in [-0.2, 0) is 14.0 Å². The smallest absolute Gasteiger partial charge is 0.444 e. The van der Waals surface area contributed by atoms with E-state index in [1.54, 1.807) is 26.8 Å². The molecule has 26 heavy (non-hydrogen) atoms. The van der Waals surface area contributed by atoms with Crippen LogP contribution in [0.2, 0.25) is 0 Å². The van der Waals surface area contributed by atoms with Crippen LogP contribution in [0.15, 0.2) is 22.6 Å². The monoisotopic (exact) mass is 363 g/mol. The highest BCUT2D eigenvalue weighted by molar-refractivity contribution is 6.64. The van der Waals surface area contributed by atoms with Crippen molar-refractivity contribution >= 4 is 35.5 Å². The highest BCUT2D eigenvalue weighted by Gasteiger charge is 2.36. The summed E-state index contributed by atoms with van der Waals surface area (Å²) in [7, 11) is -0.821. The fourth-order valence-corrected chi connectivity index (χ4v) is 2.67. The number of anilines is 1. The van der Waals surface area contributed by atoms with Gasteiger partial charge in [-0.15, -0.1) is 0 Å². The van der Waals surface area contributed by atoms with Gasteiger partial charge in [-0.25, -0.2) is 9.18 Å². The number of hydrogen-bond acceptors (Lipinski definition) is 5. The number of benzene rings is 1. The van der Waals surface area contributed by atoms with Crippen molar-refractivity contribution in [2.24, 2.45) is 5.41 Å². The van der Waals surface area contributed by atoms with Gasteiger partial charge in [-0.3, -0.25) is 5.32 Å². The van der Waals surface area contributed by atoms with Gasteiger partial charge in [0.25, 0.3) is 0 Å². The second-order valence-electron chi connectivity index (χ2n) is 8.23. The lowest BCUT2D eigenvalue weighted by atomic mass is 9.74. The molecule has 0 atom stereocenters. The number of rotatable bonds is 2. The first-order valence-electron chi connectivity index (χ1n) is 8.49. The Hall–Kier alpha value is -2.06. The van der Waals surface area contributed by atoms with Crippen molar-refractivity contribution in [3.63, 3.8) is 0 Å². The summed E-state index contributed by atoms with van der Waals surface area (Å²) in [6, 6.07) is 4.34. The van der Waals surface area contributed by atoms with Crippen molar-refractivity contribution in [3.05, 3.63) is 24.0 Å². The van der Waals surface area contributed by atoms with Gasteiger partial charge < -0.3 is 18.5 Å². The normalized spacial score (nSPS) is 17.4. The molecule has 140 valence electrons. The number of amides is 1. The molecule has 6 nitrogen and oxygen atoms in total. The summed E-state index contributed by atoms with van der Waals surface area (Å²) in [4.78, 5) is 11.9. The molecular weight excluding hydrogens is 340 g/mol. The Kier molecular flexibility index (Phi) is 4.75. The molecule has 1 aliphatic heterocycles. The number of fused-ring (bicyclic) bond motifs is 1. The predicted molar refractivity (Wildman–Crippen MR) is 97.1 cm³/mol. The van der Waals surface area contributed by atoms with Crippen LogP contribution in [0.3, 0.4) is 0 Å². The molecule has 0 bridgehead atoms. The summed E-state index contributed by atoms with van der Waals surface area (Å²) in [6.07, 6.45) is -0.648. The van der Waals surface area contributed by atoms with Crippen molar-refractivity contribution in [1.82, 2.24) is 0 Å². The lowest BCUT2D eigenvalue weighted by Crippen LogP contribution is -2.48. The number of carbonyl (C=O) groups excluding carboxylic acids is 1. The van der Waals surface area contributed by atoms with Crippen LogP contribution in [0.25, 0.3) is 11.0 Å². The Morgan fingerprint density at radius 1 is 1.27 bits per heavy atom. The quantitative estimate of drug-likeness (QED) is 0.825. The standard InChI is InChI=1S/C18H23BFNO5/c1-17(2,3)26-16(22)21-14-8-11-13(25-14)7-6-12(20)15(11)19-23-9-18(4,5)10-24-19/h6-8H,9-10H2,1-5H3,(H,21,22). The Morgan fingerprint density at radius 2 is 1.92 bits per heavy atom. The van der Waals surface area contributed by atoms with E-state index in [4.69, 9.17) is 18.5 Å². The molecule has 1 fully saturated rings. The topological polar surface area (TPSA) is 69.9 Å². The number of ether oxygens (including phenoxy) is 1. The van der Waals surface area contributed by atoms with Gasteiger partial charge in [0, 0.05) is 35.5 Å². The SMILES string of the molecule is CC1(C)COB(c2c(F)ccc3oc(NC(=O)OC(C)(C)C)cc23)OC1. The van der Waals surface area contributed by atoms with E-state index in [1.165, 1.54) is 12.1 Å². The summed E-state index contributed by atoms with van der Waals surface area (Å²) < 4.78 is 36.7. The highest BCUT2D eigenvalue weighted by atomic mass is 19.1. The van der Waals surface area contributed by atoms with Gasteiger partial charge >= 0.3 is 13.2 Å². The van der Waals surface area contributed by atoms with Gasteiger partial charge in [-0.05, 0) is 32.9 Å². The van der Waals surface area contributed by atoms with E-state index < -0.39 is 24.6 Å². The maximum atomic E-state index is 14.5. The molecule has 1 aromatic carbocycles. The minimum Gasteiger partial charge on any atom is -0.444 e. The molecule has 0 saturated carbocycles. The van der Waals surface area contributed by atoms with Crippen LogP contribution in [-0.4, -0.2) is 32.0 Å². The maximum absolute atomic E-state index is 14.5. The van der Waals surface area contributed by atoms with E-state index in [9.17, 15) is 9.18 Å². The first-order chi connectivity index (χ1) is 12.0. The second kappa shape index (κ2) is 6.59. The van der Waals surface area contributed by atoms with Crippen LogP contribution in [0.4, 0.5) is 15.1 Å². The zero-order chi connectivity index (χ0) is 19.1. The van der Waals surface area contributed by atoms with E-state index in [0.29, 0.717) is 24.2 Å². The van der Waals surface area contributed by atoms with E-state index in [2.05, 4.69) is 5.32 Å². The third-order valence-corrected chi connectivity index (χ3v) is 3.80. The molecule has 0 aliphatic carbocycles. The average molecular weight is 363 g/mol. The summed E-state index contributed by atoms with van der Waals surface area (Å²) >= 11 is 0. The molecular formula is C18H23BFNO5. The van der Waals surface area contributed by atoms with Crippen LogP contribution >= 0.6 is 0 Å². The van der Waals surface area contributed by atoms with E-state index >= 15 is 0 Å². The van der Waals surface area contributed by atoms with Gasteiger partial charge in [0.15, 0.2) is 0 Å². The maximum Gasteiger partial charge on any atom is 0.497 e. The Morgan fingerprint density at radius 3 is 2.54 bits per heavy atom. The zero-order valence-corrected chi connectivity index (χ0v) is 15.6.